The number of rotatable bonds is 3. The fourth-order valence-electron chi connectivity index (χ4n) is 3.42. The molecule has 1 aliphatic heterocycles. The third kappa shape index (κ3) is 3.26. The van der Waals surface area contributed by atoms with Crippen LogP contribution in [0, 0.1) is 12.8 Å². The van der Waals surface area contributed by atoms with E-state index >= 15 is 0 Å². The summed E-state index contributed by atoms with van der Waals surface area (Å²) in [7, 11) is 0. The number of amides is 1. The van der Waals surface area contributed by atoms with Gasteiger partial charge >= 0.3 is 6.09 Å². The monoisotopic (exact) mass is 384 g/mol. The molecule has 1 aromatic carbocycles. The van der Waals surface area contributed by atoms with Gasteiger partial charge in [-0.3, -0.25) is 4.79 Å². The van der Waals surface area contributed by atoms with Crippen LogP contribution in [0.3, 0.4) is 0 Å². The largest absolute Gasteiger partial charge is 0.449 e. The van der Waals surface area contributed by atoms with Gasteiger partial charge in [-0.05, 0) is 30.5 Å². The van der Waals surface area contributed by atoms with E-state index in [0.29, 0.717) is 49.5 Å². The zero-order valence-corrected chi connectivity index (χ0v) is 16.4. The van der Waals surface area contributed by atoms with Gasteiger partial charge in [-0.2, -0.15) is 0 Å². The topological polar surface area (TPSA) is 73.9 Å². The van der Waals surface area contributed by atoms with Crippen LogP contribution in [0.2, 0.25) is 0 Å². The lowest BCUT2D eigenvalue weighted by molar-refractivity contribution is 0.0284. The maximum absolute atomic E-state index is 12.8. The highest BCUT2D eigenvalue weighted by Gasteiger charge is 2.26. The summed E-state index contributed by atoms with van der Waals surface area (Å²) in [6.45, 7) is 8.34. The highest BCUT2D eigenvalue weighted by atomic mass is 16.5. The predicted octanol–water partition coefficient (Wildman–Crippen LogP) is 3.81. The van der Waals surface area contributed by atoms with Crippen molar-refractivity contribution in [3.05, 3.63) is 35.6 Å². The van der Waals surface area contributed by atoms with Gasteiger partial charge in [0, 0.05) is 24.5 Å². The zero-order valence-electron chi connectivity index (χ0n) is 16.4. The first kappa shape index (κ1) is 18.6. The minimum absolute atomic E-state index is 0.193. The lowest BCUT2D eigenvalue weighted by Crippen LogP contribution is -2.40. The van der Waals surface area contributed by atoms with Gasteiger partial charge in [0.2, 0.25) is 0 Å². The van der Waals surface area contributed by atoms with Gasteiger partial charge in [-0.1, -0.05) is 19.9 Å². The fraction of sp³-hybridized carbons (Fsp3) is 0.429. The summed E-state index contributed by atoms with van der Waals surface area (Å²) in [6.07, 6.45) is -0.467. The van der Waals surface area contributed by atoms with Gasteiger partial charge in [0.05, 0.1) is 30.9 Å². The standard InChI is InChI=1S/C21H24N2O5/c1-13(2)12-27-21(25)23-16-10-14(3)4-5-15(16)19-17(23)11-18(28-19)20(24)22-6-8-26-9-7-22/h4-5,10-11,13H,6-9,12H2,1-3H3. The number of nitrogens with zero attached hydrogens (tertiary/aromatic N) is 2. The smallest absolute Gasteiger partial charge is 0.419 e. The van der Waals surface area contributed by atoms with Crippen LogP contribution in [-0.2, 0) is 9.47 Å². The van der Waals surface area contributed by atoms with E-state index in [1.165, 1.54) is 4.57 Å². The summed E-state index contributed by atoms with van der Waals surface area (Å²) in [5.74, 6) is 0.257. The van der Waals surface area contributed by atoms with Gasteiger partial charge in [0.15, 0.2) is 11.3 Å². The molecule has 0 N–H and O–H groups in total. The first-order chi connectivity index (χ1) is 13.5. The third-order valence-corrected chi connectivity index (χ3v) is 4.82. The first-order valence-corrected chi connectivity index (χ1v) is 9.54. The molecule has 0 unspecified atom stereocenters. The summed E-state index contributed by atoms with van der Waals surface area (Å²) in [4.78, 5) is 27.3. The van der Waals surface area contributed by atoms with Crippen molar-refractivity contribution < 1.29 is 23.5 Å². The average Bonchev–Trinajstić information content (AvgIpc) is 3.22. The Kier molecular flexibility index (Phi) is 4.85. The number of hydrogen-bond donors (Lipinski definition) is 0. The van der Waals surface area contributed by atoms with Crippen molar-refractivity contribution >= 4 is 34.0 Å². The van der Waals surface area contributed by atoms with Crippen LogP contribution in [0.25, 0.3) is 22.0 Å². The van der Waals surface area contributed by atoms with Crippen molar-refractivity contribution in [3.8, 4) is 0 Å². The maximum atomic E-state index is 12.8. The third-order valence-electron chi connectivity index (χ3n) is 4.82. The molecule has 28 heavy (non-hydrogen) atoms. The molecule has 0 aliphatic carbocycles. The van der Waals surface area contributed by atoms with E-state index in [1.807, 2.05) is 39.0 Å². The van der Waals surface area contributed by atoms with Crippen LogP contribution >= 0.6 is 0 Å². The highest BCUT2D eigenvalue weighted by Crippen LogP contribution is 2.33. The molecule has 0 bridgehead atoms. The molecule has 1 aliphatic rings. The molecule has 7 nitrogen and oxygen atoms in total. The normalized spacial score (nSPS) is 14.9. The van der Waals surface area contributed by atoms with Crippen LogP contribution in [0.1, 0.15) is 30.0 Å². The second-order valence-corrected chi connectivity index (χ2v) is 7.56. The molecule has 2 aromatic heterocycles. The Morgan fingerprint density at radius 1 is 1.14 bits per heavy atom. The molecule has 0 radical (unpaired) electrons. The lowest BCUT2D eigenvalue weighted by Gasteiger charge is -2.25. The van der Waals surface area contributed by atoms with Gasteiger partial charge in [0.25, 0.3) is 5.91 Å². The Balaban J connectivity index is 1.80. The number of ether oxygens (including phenoxy) is 2. The fourth-order valence-corrected chi connectivity index (χ4v) is 3.42. The lowest BCUT2D eigenvalue weighted by atomic mass is 10.2. The Morgan fingerprint density at radius 3 is 2.61 bits per heavy atom. The summed E-state index contributed by atoms with van der Waals surface area (Å²) in [6, 6.07) is 7.42. The van der Waals surface area contributed by atoms with Crippen molar-refractivity contribution in [2.24, 2.45) is 5.92 Å². The number of fused-ring (bicyclic) bond motifs is 3. The van der Waals surface area contributed by atoms with E-state index in [1.54, 1.807) is 11.0 Å². The molecule has 4 rings (SSSR count). The van der Waals surface area contributed by atoms with Gasteiger partial charge < -0.3 is 18.8 Å². The number of carbonyl (C=O) groups is 2. The Hall–Kier alpha value is -2.80. The summed E-state index contributed by atoms with van der Waals surface area (Å²) >= 11 is 0. The molecular formula is C21H24N2O5. The van der Waals surface area contributed by atoms with E-state index in [0.717, 1.165) is 10.9 Å². The molecule has 1 saturated heterocycles. The van der Waals surface area contributed by atoms with Gasteiger partial charge in [-0.25, -0.2) is 9.36 Å². The maximum Gasteiger partial charge on any atom is 0.419 e. The molecule has 1 amide bonds. The van der Waals surface area contributed by atoms with E-state index in [2.05, 4.69) is 0 Å². The number of carbonyl (C=O) groups excluding carboxylic acids is 2. The van der Waals surface area contributed by atoms with E-state index < -0.39 is 6.09 Å². The number of furan rings is 1. The molecular weight excluding hydrogens is 360 g/mol. The molecule has 0 atom stereocenters. The first-order valence-electron chi connectivity index (χ1n) is 9.54. The van der Waals surface area contributed by atoms with Crippen LogP contribution in [0.5, 0.6) is 0 Å². The van der Waals surface area contributed by atoms with E-state index in [-0.39, 0.29) is 17.6 Å². The Labute approximate surface area is 162 Å². The molecule has 148 valence electrons. The Bertz CT molecular complexity index is 1040. The van der Waals surface area contributed by atoms with E-state index in [4.69, 9.17) is 13.9 Å². The highest BCUT2D eigenvalue weighted by molar-refractivity contribution is 6.12. The SMILES string of the molecule is Cc1ccc2c3oc(C(=O)N4CCOCC4)cc3n(C(=O)OCC(C)C)c2c1. The number of hydrogen-bond acceptors (Lipinski definition) is 5. The number of morpholine rings is 1. The molecule has 3 aromatic rings. The van der Waals surface area contributed by atoms with Gasteiger partial charge in [0.1, 0.15) is 0 Å². The molecule has 1 fully saturated rings. The minimum atomic E-state index is -0.467. The number of aryl methyl sites for hydroxylation is 1. The summed E-state index contributed by atoms with van der Waals surface area (Å²) in [5, 5.41) is 0.781. The second-order valence-electron chi connectivity index (χ2n) is 7.56. The van der Waals surface area contributed by atoms with Gasteiger partial charge in [-0.15, -0.1) is 0 Å². The van der Waals surface area contributed by atoms with Crippen molar-refractivity contribution in [2.75, 3.05) is 32.9 Å². The van der Waals surface area contributed by atoms with Crippen molar-refractivity contribution in [2.45, 2.75) is 20.8 Å². The van der Waals surface area contributed by atoms with Crippen molar-refractivity contribution in [3.63, 3.8) is 0 Å². The molecule has 0 spiro atoms. The average molecular weight is 384 g/mol. The van der Waals surface area contributed by atoms with Crippen LogP contribution in [0.4, 0.5) is 4.79 Å². The van der Waals surface area contributed by atoms with Crippen LogP contribution in [-0.4, -0.2) is 54.4 Å². The molecule has 0 saturated carbocycles. The predicted molar refractivity (Wildman–Crippen MR) is 105 cm³/mol. The van der Waals surface area contributed by atoms with Crippen molar-refractivity contribution in [1.82, 2.24) is 9.47 Å². The van der Waals surface area contributed by atoms with E-state index in [9.17, 15) is 9.59 Å². The van der Waals surface area contributed by atoms with Crippen molar-refractivity contribution in [1.29, 1.82) is 0 Å². The van der Waals surface area contributed by atoms with Crippen LogP contribution < -0.4 is 0 Å². The second kappa shape index (κ2) is 7.31. The number of benzene rings is 1. The Morgan fingerprint density at radius 2 is 1.89 bits per heavy atom. The quantitative estimate of drug-likeness (QED) is 0.686. The number of aromatic nitrogens is 1. The minimum Gasteiger partial charge on any atom is -0.449 e. The summed E-state index contributed by atoms with van der Waals surface area (Å²) < 4.78 is 18.2. The summed E-state index contributed by atoms with van der Waals surface area (Å²) in [5.41, 5.74) is 2.81. The van der Waals surface area contributed by atoms with Crippen LogP contribution in [0.15, 0.2) is 28.7 Å². The molecule has 3 heterocycles. The molecule has 7 heteroatoms. The zero-order chi connectivity index (χ0) is 19.8.